The third-order valence-corrected chi connectivity index (χ3v) is 2.39. The van der Waals surface area contributed by atoms with E-state index in [0.717, 1.165) is 11.8 Å². The van der Waals surface area contributed by atoms with Crippen LogP contribution >= 0.6 is 0 Å². The lowest BCUT2D eigenvalue weighted by Gasteiger charge is -2.05. The lowest BCUT2D eigenvalue weighted by Crippen LogP contribution is -2.01. The highest BCUT2D eigenvalue weighted by atomic mass is 19.1. The number of halogens is 1. The van der Waals surface area contributed by atoms with Crippen molar-refractivity contribution < 1.29 is 9.13 Å². The molecule has 3 nitrogen and oxygen atoms in total. The number of nitrogens with zero attached hydrogens (tertiary/aromatic N) is 2. The molecule has 2 aromatic rings. The molecule has 0 unspecified atom stereocenters. The first-order chi connectivity index (χ1) is 8.15. The van der Waals surface area contributed by atoms with Crippen molar-refractivity contribution in [3.05, 3.63) is 53.1 Å². The second-order valence-corrected chi connectivity index (χ2v) is 3.86. The Labute approximate surface area is 99.3 Å². The summed E-state index contributed by atoms with van der Waals surface area (Å²) in [4.78, 5) is 7.66. The molecule has 0 spiro atoms. The zero-order chi connectivity index (χ0) is 12.3. The minimum absolute atomic E-state index is 0.199. The Bertz CT molecular complexity index is 511. The maximum Gasteiger partial charge on any atom is 0.317 e. The molecule has 1 aromatic carbocycles. The number of hydrogen-bond acceptors (Lipinski definition) is 3. The average Bonchev–Trinajstić information content (AvgIpc) is 2.33. The minimum atomic E-state index is -0.423. The number of hydrogen-bond donors (Lipinski definition) is 0. The molecule has 0 radical (unpaired) electrons. The van der Waals surface area contributed by atoms with Gasteiger partial charge in [-0.05, 0) is 19.4 Å². The van der Waals surface area contributed by atoms with Crippen molar-refractivity contribution >= 4 is 0 Å². The summed E-state index contributed by atoms with van der Waals surface area (Å²) in [5.41, 5.74) is 2.52. The van der Waals surface area contributed by atoms with Crippen molar-refractivity contribution in [2.45, 2.75) is 20.5 Å². The molecule has 0 saturated heterocycles. The summed E-state index contributed by atoms with van der Waals surface area (Å²) < 4.78 is 18.3. The van der Waals surface area contributed by atoms with Gasteiger partial charge in [0.2, 0.25) is 0 Å². The topological polar surface area (TPSA) is 35.0 Å². The van der Waals surface area contributed by atoms with E-state index in [4.69, 9.17) is 4.74 Å². The monoisotopic (exact) mass is 232 g/mol. The van der Waals surface area contributed by atoms with E-state index in [2.05, 4.69) is 9.97 Å². The van der Waals surface area contributed by atoms with Gasteiger partial charge in [0.15, 0.2) is 5.82 Å². The van der Waals surface area contributed by atoms with Crippen LogP contribution in [0.5, 0.6) is 6.01 Å². The van der Waals surface area contributed by atoms with Gasteiger partial charge in [-0.1, -0.05) is 29.8 Å². The summed E-state index contributed by atoms with van der Waals surface area (Å²) in [6.45, 7) is 3.98. The predicted octanol–water partition coefficient (Wildman–Crippen LogP) is 2.81. The van der Waals surface area contributed by atoms with Crippen LogP contribution in [0.25, 0.3) is 0 Å². The molecule has 1 aromatic heterocycles. The molecule has 0 aliphatic carbocycles. The second kappa shape index (κ2) is 4.91. The van der Waals surface area contributed by atoms with Crippen LogP contribution in [0.4, 0.5) is 4.39 Å². The highest BCUT2D eigenvalue weighted by Crippen LogP contribution is 2.10. The highest BCUT2D eigenvalue weighted by molar-refractivity contribution is 5.21. The van der Waals surface area contributed by atoms with E-state index in [9.17, 15) is 4.39 Å². The fourth-order valence-corrected chi connectivity index (χ4v) is 1.33. The molecule has 0 atom stereocenters. The number of rotatable bonds is 3. The van der Waals surface area contributed by atoms with Gasteiger partial charge in [-0.15, -0.1) is 0 Å². The molecule has 1 heterocycles. The first-order valence-corrected chi connectivity index (χ1v) is 5.32. The number of ether oxygens (including phenoxy) is 1. The second-order valence-electron chi connectivity index (χ2n) is 3.86. The molecule has 4 heteroatoms. The molecule has 17 heavy (non-hydrogen) atoms. The van der Waals surface area contributed by atoms with Crippen molar-refractivity contribution in [1.29, 1.82) is 0 Å². The van der Waals surface area contributed by atoms with Gasteiger partial charge in [0.1, 0.15) is 6.61 Å². The molecule has 0 aliphatic rings. The fraction of sp³-hybridized carbons (Fsp3) is 0.231. The summed E-state index contributed by atoms with van der Waals surface area (Å²) in [7, 11) is 0. The molecule has 88 valence electrons. The van der Waals surface area contributed by atoms with E-state index in [0.29, 0.717) is 12.3 Å². The van der Waals surface area contributed by atoms with E-state index in [1.807, 2.05) is 31.2 Å². The molecule has 0 bridgehead atoms. The van der Waals surface area contributed by atoms with Crippen molar-refractivity contribution in [3.8, 4) is 6.01 Å². The summed E-state index contributed by atoms with van der Waals surface area (Å²) in [5, 5.41) is 0. The van der Waals surface area contributed by atoms with Crippen LogP contribution in [0.15, 0.2) is 30.5 Å². The summed E-state index contributed by atoms with van der Waals surface area (Å²) in [6, 6.07) is 8.17. The van der Waals surface area contributed by atoms with E-state index in [1.54, 1.807) is 6.92 Å². The predicted molar refractivity (Wildman–Crippen MR) is 62.2 cm³/mol. The van der Waals surface area contributed by atoms with Gasteiger partial charge in [0.25, 0.3) is 0 Å². The largest absolute Gasteiger partial charge is 0.459 e. The van der Waals surface area contributed by atoms with Crippen LogP contribution in [-0.2, 0) is 6.61 Å². The van der Waals surface area contributed by atoms with Crippen molar-refractivity contribution in [1.82, 2.24) is 9.97 Å². The number of benzene rings is 1. The molecule has 0 saturated carbocycles. The lowest BCUT2D eigenvalue weighted by molar-refractivity contribution is 0.278. The molecule has 0 amide bonds. The van der Waals surface area contributed by atoms with Gasteiger partial charge in [-0.3, -0.25) is 0 Å². The van der Waals surface area contributed by atoms with Gasteiger partial charge in [0.05, 0.1) is 11.9 Å². The van der Waals surface area contributed by atoms with Gasteiger partial charge in [0, 0.05) is 0 Å². The highest BCUT2D eigenvalue weighted by Gasteiger charge is 2.03. The Morgan fingerprint density at radius 3 is 2.53 bits per heavy atom. The van der Waals surface area contributed by atoms with Crippen molar-refractivity contribution in [3.63, 3.8) is 0 Å². The van der Waals surface area contributed by atoms with E-state index >= 15 is 0 Å². The maximum absolute atomic E-state index is 12.9. The quantitative estimate of drug-likeness (QED) is 0.816. The SMILES string of the molecule is Cc1ccc(COc2ncc(F)c(C)n2)cc1. The van der Waals surface area contributed by atoms with Gasteiger partial charge >= 0.3 is 6.01 Å². The zero-order valence-electron chi connectivity index (χ0n) is 9.77. The van der Waals surface area contributed by atoms with Crippen LogP contribution in [-0.4, -0.2) is 9.97 Å². The maximum atomic E-state index is 12.9. The summed E-state index contributed by atoms with van der Waals surface area (Å²) >= 11 is 0. The first-order valence-electron chi connectivity index (χ1n) is 5.32. The Hall–Kier alpha value is -1.97. The van der Waals surface area contributed by atoms with Crippen LogP contribution < -0.4 is 4.74 Å². The summed E-state index contributed by atoms with van der Waals surface area (Å²) in [5.74, 6) is -0.423. The Kier molecular flexibility index (Phi) is 3.32. The van der Waals surface area contributed by atoms with Crippen LogP contribution in [0.3, 0.4) is 0 Å². The van der Waals surface area contributed by atoms with Crippen LogP contribution in [0, 0.1) is 19.7 Å². The van der Waals surface area contributed by atoms with Gasteiger partial charge < -0.3 is 4.74 Å². The number of aryl methyl sites for hydroxylation is 2. The molecular formula is C13H13FN2O. The lowest BCUT2D eigenvalue weighted by atomic mass is 10.2. The van der Waals surface area contributed by atoms with Crippen LogP contribution in [0.1, 0.15) is 16.8 Å². The molecule has 0 fully saturated rings. The summed E-state index contributed by atoms with van der Waals surface area (Å²) in [6.07, 6.45) is 1.12. The molecule has 2 rings (SSSR count). The van der Waals surface area contributed by atoms with Crippen molar-refractivity contribution in [2.24, 2.45) is 0 Å². The smallest absolute Gasteiger partial charge is 0.317 e. The Balaban J connectivity index is 2.02. The standard InChI is InChI=1S/C13H13FN2O/c1-9-3-5-11(6-4-9)8-17-13-15-7-12(14)10(2)16-13/h3-7H,8H2,1-2H3. The average molecular weight is 232 g/mol. The Morgan fingerprint density at radius 1 is 1.18 bits per heavy atom. The molecular weight excluding hydrogens is 219 g/mol. The van der Waals surface area contributed by atoms with E-state index in [1.165, 1.54) is 5.56 Å². The molecule has 0 N–H and O–H groups in total. The van der Waals surface area contributed by atoms with Crippen LogP contribution in [0.2, 0.25) is 0 Å². The number of aromatic nitrogens is 2. The van der Waals surface area contributed by atoms with E-state index < -0.39 is 5.82 Å². The minimum Gasteiger partial charge on any atom is -0.459 e. The molecule has 0 aliphatic heterocycles. The third kappa shape index (κ3) is 3.00. The van der Waals surface area contributed by atoms with Gasteiger partial charge in [-0.25, -0.2) is 9.37 Å². The normalized spacial score (nSPS) is 10.3. The fourth-order valence-electron chi connectivity index (χ4n) is 1.33. The van der Waals surface area contributed by atoms with Gasteiger partial charge in [-0.2, -0.15) is 4.98 Å². The zero-order valence-corrected chi connectivity index (χ0v) is 9.77. The third-order valence-electron chi connectivity index (χ3n) is 2.39. The first kappa shape index (κ1) is 11.5. The Morgan fingerprint density at radius 2 is 1.88 bits per heavy atom. The van der Waals surface area contributed by atoms with Crippen molar-refractivity contribution in [2.75, 3.05) is 0 Å². The van der Waals surface area contributed by atoms with E-state index in [-0.39, 0.29) is 6.01 Å².